The van der Waals surface area contributed by atoms with Crippen LogP contribution in [0.1, 0.15) is 28.5 Å². The van der Waals surface area contributed by atoms with E-state index in [-0.39, 0.29) is 6.54 Å². The summed E-state index contributed by atoms with van der Waals surface area (Å²) in [5.74, 6) is -1.35. The molecule has 1 aliphatic rings. The third-order valence-corrected chi connectivity index (χ3v) is 5.09. The van der Waals surface area contributed by atoms with Crippen molar-refractivity contribution in [3.05, 3.63) is 71.4 Å². The van der Waals surface area contributed by atoms with Crippen LogP contribution in [0.15, 0.2) is 48.8 Å². The van der Waals surface area contributed by atoms with Gasteiger partial charge in [0, 0.05) is 13.2 Å². The van der Waals surface area contributed by atoms with Gasteiger partial charge < -0.3 is 10.1 Å². The molecule has 32 heavy (non-hydrogen) atoms. The van der Waals surface area contributed by atoms with Gasteiger partial charge in [-0.1, -0.05) is 12.1 Å². The molecule has 0 spiro atoms. The molecule has 1 aromatic carbocycles. The fourth-order valence-corrected chi connectivity index (χ4v) is 3.40. The molecule has 3 heterocycles. The highest BCUT2D eigenvalue weighted by atomic mass is 19.1. The van der Waals surface area contributed by atoms with Crippen molar-refractivity contribution in [2.75, 3.05) is 11.9 Å². The standard InChI is InChI=1S/C22H19FN6O3/c1-13-18(22(31)28(2)20-17(32-13)4-3-9-25-20)26-21(30)19-16(23)12-29(27-19)11-15-7-5-14(10-24)6-8-15/h3-9,12-13,18H,11H2,1-2H3,(H,26,30)/t13-,18+/m1/s1. The van der Waals surface area contributed by atoms with Gasteiger partial charge in [0.15, 0.2) is 23.1 Å². The van der Waals surface area contributed by atoms with E-state index in [1.54, 1.807) is 43.3 Å². The normalized spacial score (nSPS) is 17.7. The molecule has 0 bridgehead atoms. The second-order valence-corrected chi connectivity index (χ2v) is 7.33. The van der Waals surface area contributed by atoms with Crippen molar-refractivity contribution in [1.29, 1.82) is 5.26 Å². The summed E-state index contributed by atoms with van der Waals surface area (Å²) in [6, 6.07) is 11.1. The zero-order valence-electron chi connectivity index (χ0n) is 17.3. The smallest absolute Gasteiger partial charge is 0.275 e. The van der Waals surface area contributed by atoms with Crippen molar-refractivity contribution in [2.45, 2.75) is 25.6 Å². The van der Waals surface area contributed by atoms with Crippen LogP contribution < -0.4 is 15.0 Å². The summed E-state index contributed by atoms with van der Waals surface area (Å²) >= 11 is 0. The topological polar surface area (TPSA) is 113 Å². The lowest BCUT2D eigenvalue weighted by molar-refractivity contribution is -0.121. The van der Waals surface area contributed by atoms with E-state index < -0.39 is 35.5 Å². The molecule has 0 saturated carbocycles. The number of fused-ring (bicyclic) bond motifs is 1. The number of likely N-dealkylation sites (N-methyl/N-ethyl adjacent to an activating group) is 1. The molecule has 162 valence electrons. The fraction of sp³-hybridized carbons (Fsp3) is 0.227. The van der Waals surface area contributed by atoms with Gasteiger partial charge in [-0.05, 0) is 36.8 Å². The molecule has 1 aliphatic heterocycles. The molecule has 2 aromatic heterocycles. The highest BCUT2D eigenvalue weighted by Crippen LogP contribution is 2.29. The van der Waals surface area contributed by atoms with Gasteiger partial charge in [-0.15, -0.1) is 0 Å². The molecule has 0 fully saturated rings. The lowest BCUT2D eigenvalue weighted by Crippen LogP contribution is -2.53. The molecule has 4 rings (SSSR count). The van der Waals surface area contributed by atoms with Crippen LogP contribution >= 0.6 is 0 Å². The number of nitrogens with zero attached hydrogens (tertiary/aromatic N) is 5. The van der Waals surface area contributed by atoms with E-state index in [0.29, 0.717) is 17.1 Å². The van der Waals surface area contributed by atoms with Crippen LogP contribution in [0.2, 0.25) is 0 Å². The summed E-state index contributed by atoms with van der Waals surface area (Å²) in [5.41, 5.74) is 0.861. The Labute approximate surface area is 183 Å². The second kappa shape index (κ2) is 8.47. The van der Waals surface area contributed by atoms with Crippen molar-refractivity contribution in [2.24, 2.45) is 0 Å². The van der Waals surface area contributed by atoms with Crippen LogP contribution in [0, 0.1) is 17.1 Å². The quantitative estimate of drug-likeness (QED) is 0.671. The van der Waals surface area contributed by atoms with Crippen molar-refractivity contribution in [1.82, 2.24) is 20.1 Å². The first-order valence-corrected chi connectivity index (χ1v) is 9.79. The van der Waals surface area contributed by atoms with E-state index >= 15 is 0 Å². The van der Waals surface area contributed by atoms with Gasteiger partial charge in [0.2, 0.25) is 0 Å². The number of nitrogens with one attached hydrogen (secondary N) is 1. The lowest BCUT2D eigenvalue weighted by atomic mass is 10.1. The number of aromatic nitrogens is 3. The van der Waals surface area contributed by atoms with Crippen LogP contribution in [0.4, 0.5) is 10.2 Å². The lowest BCUT2D eigenvalue weighted by Gasteiger charge is -2.23. The van der Waals surface area contributed by atoms with Gasteiger partial charge in [0.05, 0.1) is 24.4 Å². The predicted molar refractivity (Wildman–Crippen MR) is 111 cm³/mol. The van der Waals surface area contributed by atoms with Crippen molar-refractivity contribution >= 4 is 17.6 Å². The number of amides is 2. The van der Waals surface area contributed by atoms with E-state index in [1.165, 1.54) is 22.8 Å². The molecule has 0 saturated heterocycles. The van der Waals surface area contributed by atoms with Gasteiger partial charge in [0.1, 0.15) is 12.1 Å². The molecular formula is C22H19FN6O3. The van der Waals surface area contributed by atoms with Gasteiger partial charge >= 0.3 is 0 Å². The largest absolute Gasteiger partial charge is 0.484 e. The molecule has 9 nitrogen and oxygen atoms in total. The van der Waals surface area contributed by atoms with Gasteiger partial charge in [-0.25, -0.2) is 9.37 Å². The summed E-state index contributed by atoms with van der Waals surface area (Å²) in [6.07, 6.45) is 1.92. The van der Waals surface area contributed by atoms with E-state index in [1.807, 2.05) is 6.07 Å². The van der Waals surface area contributed by atoms with Gasteiger partial charge in [-0.2, -0.15) is 10.4 Å². The van der Waals surface area contributed by atoms with Crippen LogP contribution in [0.5, 0.6) is 5.75 Å². The molecule has 1 N–H and O–H groups in total. The zero-order chi connectivity index (χ0) is 22.8. The highest BCUT2D eigenvalue weighted by molar-refractivity contribution is 6.02. The number of rotatable bonds is 4. The maximum atomic E-state index is 14.5. The number of hydrogen-bond donors (Lipinski definition) is 1. The van der Waals surface area contributed by atoms with Crippen LogP contribution in [-0.2, 0) is 11.3 Å². The molecule has 0 radical (unpaired) electrons. The van der Waals surface area contributed by atoms with E-state index in [9.17, 15) is 14.0 Å². The van der Waals surface area contributed by atoms with Crippen LogP contribution in [0.25, 0.3) is 0 Å². The maximum absolute atomic E-state index is 14.5. The molecule has 3 aromatic rings. The zero-order valence-corrected chi connectivity index (χ0v) is 17.3. The number of benzene rings is 1. The molecule has 0 aliphatic carbocycles. The summed E-state index contributed by atoms with van der Waals surface area (Å²) < 4.78 is 21.6. The number of pyridine rings is 1. The SMILES string of the molecule is C[C@H]1Oc2cccnc2N(C)C(=O)[C@H]1NC(=O)c1nn(Cc2ccc(C#N)cc2)cc1F. The Morgan fingerprint density at radius 1 is 1.31 bits per heavy atom. The number of ether oxygens (including phenoxy) is 1. The molecular weight excluding hydrogens is 415 g/mol. The van der Waals surface area contributed by atoms with E-state index in [4.69, 9.17) is 10.00 Å². The maximum Gasteiger partial charge on any atom is 0.275 e. The minimum absolute atomic E-state index is 0.210. The third kappa shape index (κ3) is 4.00. The molecule has 2 amide bonds. The molecule has 2 atom stereocenters. The Morgan fingerprint density at radius 2 is 2.06 bits per heavy atom. The Bertz CT molecular complexity index is 1220. The number of hydrogen-bond acceptors (Lipinski definition) is 6. The number of nitriles is 1. The van der Waals surface area contributed by atoms with Crippen LogP contribution in [-0.4, -0.2) is 45.8 Å². The second-order valence-electron chi connectivity index (χ2n) is 7.33. The van der Waals surface area contributed by atoms with Crippen molar-refractivity contribution < 1.29 is 18.7 Å². The Hall–Kier alpha value is -4.26. The number of halogens is 1. The monoisotopic (exact) mass is 434 g/mol. The average Bonchev–Trinajstić information content (AvgIpc) is 3.13. The fourth-order valence-electron chi connectivity index (χ4n) is 3.40. The predicted octanol–water partition coefficient (Wildman–Crippen LogP) is 1.88. The van der Waals surface area contributed by atoms with Crippen molar-refractivity contribution in [3.63, 3.8) is 0 Å². The molecule has 0 unspecified atom stereocenters. The van der Waals surface area contributed by atoms with E-state index in [2.05, 4.69) is 15.4 Å². The number of carbonyl (C=O) groups excluding carboxylic acids is 2. The number of anilines is 1. The summed E-state index contributed by atoms with van der Waals surface area (Å²) in [7, 11) is 1.53. The Kier molecular flexibility index (Phi) is 5.55. The minimum atomic E-state index is -1.07. The minimum Gasteiger partial charge on any atom is -0.484 e. The first-order chi connectivity index (χ1) is 15.4. The summed E-state index contributed by atoms with van der Waals surface area (Å²) in [4.78, 5) is 31.1. The third-order valence-electron chi connectivity index (χ3n) is 5.09. The van der Waals surface area contributed by atoms with E-state index in [0.717, 1.165) is 11.8 Å². The Balaban J connectivity index is 1.51. The van der Waals surface area contributed by atoms with Gasteiger partial charge in [-0.3, -0.25) is 19.2 Å². The summed E-state index contributed by atoms with van der Waals surface area (Å²) in [5, 5.41) is 15.4. The molecule has 10 heteroatoms. The first-order valence-electron chi connectivity index (χ1n) is 9.79. The first kappa shape index (κ1) is 21.0. The summed E-state index contributed by atoms with van der Waals surface area (Å²) in [6.45, 7) is 1.85. The van der Waals surface area contributed by atoms with Crippen molar-refractivity contribution in [3.8, 4) is 11.8 Å². The average molecular weight is 434 g/mol. The number of carbonyl (C=O) groups is 2. The highest BCUT2D eigenvalue weighted by Gasteiger charge is 2.37. The Morgan fingerprint density at radius 3 is 2.78 bits per heavy atom. The van der Waals surface area contributed by atoms with Crippen LogP contribution in [0.3, 0.4) is 0 Å². The van der Waals surface area contributed by atoms with Gasteiger partial charge in [0.25, 0.3) is 11.8 Å².